The number of carbonyl (C=O) groups excluding carboxylic acids is 1. The normalized spacial score (nSPS) is 15.9. The minimum absolute atomic E-state index is 0.276. The van der Waals surface area contributed by atoms with Gasteiger partial charge in [0.15, 0.2) is 5.96 Å². The molecular weight excluding hydrogens is 336 g/mol. The molecule has 27 heavy (non-hydrogen) atoms. The average molecular weight is 373 g/mol. The van der Waals surface area contributed by atoms with Gasteiger partial charge >= 0.3 is 0 Å². The molecule has 1 aromatic carbocycles. The highest BCUT2D eigenvalue weighted by atomic mass is 16.2. The van der Waals surface area contributed by atoms with Crippen molar-refractivity contribution in [2.24, 2.45) is 4.99 Å². The summed E-state index contributed by atoms with van der Waals surface area (Å²) in [7, 11) is 0. The Bertz CT molecular complexity index is 597. The molecule has 0 aromatic heterocycles. The first-order chi connectivity index (χ1) is 13.1. The third kappa shape index (κ3) is 7.61. The minimum atomic E-state index is 0.276. The molecule has 1 saturated heterocycles. The van der Waals surface area contributed by atoms with Gasteiger partial charge in [-0.15, -0.1) is 0 Å². The van der Waals surface area contributed by atoms with Crippen molar-refractivity contribution in [2.45, 2.75) is 78.4 Å². The summed E-state index contributed by atoms with van der Waals surface area (Å²) in [5.41, 5.74) is 2.37. The van der Waals surface area contributed by atoms with Crippen molar-refractivity contribution in [1.82, 2.24) is 15.5 Å². The van der Waals surface area contributed by atoms with Crippen LogP contribution < -0.4 is 10.6 Å². The van der Waals surface area contributed by atoms with Crippen LogP contribution in [-0.2, 0) is 17.9 Å². The molecule has 1 fully saturated rings. The summed E-state index contributed by atoms with van der Waals surface area (Å²) in [5.74, 6) is 1.16. The van der Waals surface area contributed by atoms with Crippen LogP contribution in [0.5, 0.6) is 0 Å². The smallest absolute Gasteiger partial charge is 0.222 e. The van der Waals surface area contributed by atoms with Crippen LogP contribution in [0.2, 0.25) is 0 Å². The van der Waals surface area contributed by atoms with Gasteiger partial charge in [-0.2, -0.15) is 0 Å². The molecule has 5 heteroatoms. The molecule has 1 atom stereocenters. The number of unbranched alkanes of at least 4 members (excludes halogenated alkanes) is 2. The molecule has 1 unspecified atom stereocenters. The number of nitrogens with one attached hydrogen (secondary N) is 2. The second kappa shape index (κ2) is 11.6. The lowest BCUT2D eigenvalue weighted by molar-refractivity contribution is -0.128. The molecule has 0 spiro atoms. The van der Waals surface area contributed by atoms with E-state index in [1.54, 1.807) is 0 Å². The third-order valence-electron chi connectivity index (χ3n) is 4.96. The van der Waals surface area contributed by atoms with E-state index in [4.69, 9.17) is 4.99 Å². The van der Waals surface area contributed by atoms with E-state index in [1.165, 1.54) is 36.8 Å². The number of benzene rings is 1. The number of likely N-dealkylation sites (tertiary alicyclic amines) is 1. The Balaban J connectivity index is 1.85. The van der Waals surface area contributed by atoms with Crippen molar-refractivity contribution in [3.05, 3.63) is 35.4 Å². The molecule has 5 nitrogen and oxygen atoms in total. The van der Waals surface area contributed by atoms with Crippen LogP contribution in [0.4, 0.5) is 0 Å². The zero-order valence-corrected chi connectivity index (χ0v) is 17.3. The van der Waals surface area contributed by atoms with E-state index in [2.05, 4.69) is 55.7 Å². The van der Waals surface area contributed by atoms with E-state index in [-0.39, 0.29) is 5.91 Å². The van der Waals surface area contributed by atoms with E-state index >= 15 is 0 Å². The van der Waals surface area contributed by atoms with Crippen LogP contribution in [0.1, 0.15) is 70.4 Å². The summed E-state index contributed by atoms with van der Waals surface area (Å²) in [6.07, 6.45) is 6.65. The number of hydrogen-bond acceptors (Lipinski definition) is 2. The van der Waals surface area contributed by atoms with Gasteiger partial charge in [-0.1, -0.05) is 50.5 Å². The second-order valence-electron chi connectivity index (χ2n) is 7.47. The molecule has 2 N–H and O–H groups in total. The predicted molar refractivity (Wildman–Crippen MR) is 113 cm³/mol. The maximum atomic E-state index is 11.7. The fourth-order valence-corrected chi connectivity index (χ4v) is 3.34. The Kier molecular flexibility index (Phi) is 9.16. The SMILES string of the molecule is CCCCCC(C)NC(=NCc1ccc(CN2CCCC2=O)cc1)NCC. The first-order valence-electron chi connectivity index (χ1n) is 10.5. The molecule has 0 saturated carbocycles. The van der Waals surface area contributed by atoms with Crippen molar-refractivity contribution in [1.29, 1.82) is 0 Å². The quantitative estimate of drug-likeness (QED) is 0.373. The highest BCUT2D eigenvalue weighted by Gasteiger charge is 2.19. The summed E-state index contributed by atoms with van der Waals surface area (Å²) in [6.45, 7) is 9.67. The zero-order valence-electron chi connectivity index (χ0n) is 17.3. The van der Waals surface area contributed by atoms with Crippen LogP contribution in [0, 0.1) is 0 Å². The van der Waals surface area contributed by atoms with Gasteiger partial charge in [-0.05, 0) is 37.8 Å². The monoisotopic (exact) mass is 372 g/mol. The predicted octanol–water partition coefficient (Wildman–Crippen LogP) is 3.83. The van der Waals surface area contributed by atoms with E-state index in [1.807, 2.05) is 4.90 Å². The number of amides is 1. The van der Waals surface area contributed by atoms with Gasteiger partial charge in [0.25, 0.3) is 0 Å². The van der Waals surface area contributed by atoms with E-state index in [0.717, 1.165) is 32.0 Å². The summed E-state index contributed by atoms with van der Waals surface area (Å²) >= 11 is 0. The Labute approximate surface area is 164 Å². The largest absolute Gasteiger partial charge is 0.357 e. The van der Waals surface area contributed by atoms with Crippen LogP contribution in [0.3, 0.4) is 0 Å². The van der Waals surface area contributed by atoms with Crippen molar-refractivity contribution in [3.63, 3.8) is 0 Å². The number of carbonyl (C=O) groups is 1. The molecule has 1 amide bonds. The molecule has 1 aromatic rings. The van der Waals surface area contributed by atoms with Crippen LogP contribution in [0.25, 0.3) is 0 Å². The Morgan fingerprint density at radius 1 is 1.19 bits per heavy atom. The maximum absolute atomic E-state index is 11.7. The number of hydrogen-bond donors (Lipinski definition) is 2. The van der Waals surface area contributed by atoms with Crippen LogP contribution in [-0.4, -0.2) is 35.9 Å². The molecule has 2 rings (SSSR count). The minimum Gasteiger partial charge on any atom is -0.357 e. The molecule has 150 valence electrons. The van der Waals surface area contributed by atoms with Crippen molar-refractivity contribution >= 4 is 11.9 Å². The molecule has 1 heterocycles. The fraction of sp³-hybridized carbons (Fsp3) is 0.636. The summed E-state index contributed by atoms with van der Waals surface area (Å²) < 4.78 is 0. The number of aliphatic imine (C=N–C) groups is 1. The van der Waals surface area contributed by atoms with Gasteiger partial charge in [0.1, 0.15) is 0 Å². The Hall–Kier alpha value is -2.04. The molecule has 0 aliphatic carbocycles. The van der Waals surface area contributed by atoms with Crippen molar-refractivity contribution < 1.29 is 4.79 Å². The molecule has 0 bridgehead atoms. The number of rotatable bonds is 10. The lowest BCUT2D eigenvalue weighted by Crippen LogP contribution is -2.42. The number of nitrogens with zero attached hydrogens (tertiary/aromatic N) is 2. The lowest BCUT2D eigenvalue weighted by Gasteiger charge is -2.18. The Morgan fingerprint density at radius 3 is 2.56 bits per heavy atom. The first kappa shape index (κ1) is 21.3. The van der Waals surface area contributed by atoms with Crippen LogP contribution in [0.15, 0.2) is 29.3 Å². The van der Waals surface area contributed by atoms with Gasteiger partial charge in [-0.25, -0.2) is 4.99 Å². The highest BCUT2D eigenvalue weighted by molar-refractivity contribution is 5.80. The highest BCUT2D eigenvalue weighted by Crippen LogP contribution is 2.15. The zero-order chi connectivity index (χ0) is 19.5. The lowest BCUT2D eigenvalue weighted by atomic mass is 10.1. The average Bonchev–Trinajstić information content (AvgIpc) is 3.06. The third-order valence-corrected chi connectivity index (χ3v) is 4.96. The van der Waals surface area contributed by atoms with Gasteiger partial charge in [0, 0.05) is 32.1 Å². The standard InChI is InChI=1S/C22H36N4O/c1-4-6-7-9-18(3)25-22(23-5-2)24-16-19-11-13-20(14-12-19)17-26-15-8-10-21(26)27/h11-14,18H,4-10,15-17H2,1-3H3,(H2,23,24,25). The molecular formula is C22H36N4O. The maximum Gasteiger partial charge on any atom is 0.222 e. The van der Waals surface area contributed by atoms with Gasteiger partial charge in [0.2, 0.25) is 5.91 Å². The molecule has 1 aliphatic heterocycles. The van der Waals surface area contributed by atoms with Crippen molar-refractivity contribution in [3.8, 4) is 0 Å². The number of guanidine groups is 1. The van der Waals surface area contributed by atoms with E-state index in [0.29, 0.717) is 19.0 Å². The van der Waals surface area contributed by atoms with E-state index < -0.39 is 0 Å². The Morgan fingerprint density at radius 2 is 1.93 bits per heavy atom. The van der Waals surface area contributed by atoms with Crippen molar-refractivity contribution in [2.75, 3.05) is 13.1 Å². The van der Waals surface area contributed by atoms with Crippen LogP contribution >= 0.6 is 0 Å². The summed E-state index contributed by atoms with van der Waals surface area (Å²) in [6, 6.07) is 8.89. The summed E-state index contributed by atoms with van der Waals surface area (Å²) in [4.78, 5) is 18.4. The molecule has 0 radical (unpaired) electrons. The van der Waals surface area contributed by atoms with Gasteiger partial charge in [-0.3, -0.25) is 4.79 Å². The molecule has 1 aliphatic rings. The topological polar surface area (TPSA) is 56.7 Å². The second-order valence-corrected chi connectivity index (χ2v) is 7.47. The summed E-state index contributed by atoms with van der Waals surface area (Å²) in [5, 5.41) is 6.84. The fourth-order valence-electron chi connectivity index (χ4n) is 3.34. The van der Waals surface area contributed by atoms with Gasteiger partial charge in [0.05, 0.1) is 6.54 Å². The first-order valence-corrected chi connectivity index (χ1v) is 10.5. The van der Waals surface area contributed by atoms with Gasteiger partial charge < -0.3 is 15.5 Å². The van der Waals surface area contributed by atoms with E-state index in [9.17, 15) is 4.79 Å².